The largest absolute Gasteiger partial charge is 0.467 e. The summed E-state index contributed by atoms with van der Waals surface area (Å²) in [7, 11) is 0. The SMILES string of the molecule is CCN(C(=O)c1cc(NCc2ccco2)nc(C)n1)c1ccccc1. The molecule has 3 rings (SSSR count). The van der Waals surface area contributed by atoms with E-state index in [9.17, 15) is 4.79 Å². The maximum absolute atomic E-state index is 12.9. The van der Waals surface area contributed by atoms with Gasteiger partial charge in [0.05, 0.1) is 12.8 Å². The molecule has 0 bridgehead atoms. The molecule has 0 fully saturated rings. The first kappa shape index (κ1) is 16.7. The van der Waals surface area contributed by atoms with Crippen LogP contribution in [0.3, 0.4) is 0 Å². The predicted molar refractivity (Wildman–Crippen MR) is 96.6 cm³/mol. The van der Waals surface area contributed by atoms with Crippen LogP contribution in [-0.4, -0.2) is 22.4 Å². The van der Waals surface area contributed by atoms with Crippen LogP contribution in [0.5, 0.6) is 0 Å². The Labute approximate surface area is 146 Å². The molecule has 25 heavy (non-hydrogen) atoms. The minimum Gasteiger partial charge on any atom is -0.467 e. The average molecular weight is 336 g/mol. The Morgan fingerprint density at radius 3 is 2.64 bits per heavy atom. The monoisotopic (exact) mass is 336 g/mol. The topological polar surface area (TPSA) is 71.3 Å². The van der Waals surface area contributed by atoms with Crippen LogP contribution in [0.4, 0.5) is 11.5 Å². The van der Waals surface area contributed by atoms with E-state index in [1.165, 1.54) is 0 Å². The Morgan fingerprint density at radius 2 is 1.96 bits per heavy atom. The quantitative estimate of drug-likeness (QED) is 0.744. The molecule has 0 spiro atoms. The fourth-order valence-corrected chi connectivity index (χ4v) is 2.55. The van der Waals surface area contributed by atoms with Crippen LogP contribution >= 0.6 is 0 Å². The zero-order valence-electron chi connectivity index (χ0n) is 14.3. The van der Waals surface area contributed by atoms with E-state index in [0.29, 0.717) is 30.4 Å². The average Bonchev–Trinajstić information content (AvgIpc) is 3.14. The molecule has 0 aliphatic carbocycles. The molecule has 0 radical (unpaired) electrons. The summed E-state index contributed by atoms with van der Waals surface area (Å²) < 4.78 is 5.30. The number of aromatic nitrogens is 2. The Bertz CT molecular complexity index is 832. The van der Waals surface area contributed by atoms with Gasteiger partial charge >= 0.3 is 0 Å². The summed E-state index contributed by atoms with van der Waals surface area (Å²) in [6.45, 7) is 4.76. The highest BCUT2D eigenvalue weighted by Crippen LogP contribution is 2.17. The second-order valence-corrected chi connectivity index (χ2v) is 5.50. The van der Waals surface area contributed by atoms with Gasteiger partial charge in [0.25, 0.3) is 5.91 Å². The molecule has 128 valence electrons. The van der Waals surface area contributed by atoms with E-state index >= 15 is 0 Å². The van der Waals surface area contributed by atoms with Crippen molar-refractivity contribution in [2.75, 3.05) is 16.8 Å². The number of aryl methyl sites for hydroxylation is 1. The second kappa shape index (κ2) is 7.61. The van der Waals surface area contributed by atoms with Gasteiger partial charge in [-0.05, 0) is 38.1 Å². The number of furan rings is 1. The first-order chi connectivity index (χ1) is 12.2. The number of carbonyl (C=O) groups excluding carboxylic acids is 1. The zero-order chi connectivity index (χ0) is 17.6. The van der Waals surface area contributed by atoms with Gasteiger partial charge in [-0.2, -0.15) is 0 Å². The van der Waals surface area contributed by atoms with Crippen molar-refractivity contribution in [3.05, 3.63) is 72.1 Å². The van der Waals surface area contributed by atoms with Crippen LogP contribution in [0.1, 0.15) is 29.0 Å². The summed E-state index contributed by atoms with van der Waals surface area (Å²) >= 11 is 0. The summed E-state index contributed by atoms with van der Waals surface area (Å²) in [5, 5.41) is 3.16. The van der Waals surface area contributed by atoms with E-state index in [4.69, 9.17) is 4.42 Å². The number of carbonyl (C=O) groups is 1. The number of benzene rings is 1. The maximum atomic E-state index is 12.9. The van der Waals surface area contributed by atoms with Gasteiger partial charge in [0.1, 0.15) is 23.1 Å². The fraction of sp³-hybridized carbons (Fsp3) is 0.211. The molecule has 3 aromatic rings. The third-order valence-corrected chi connectivity index (χ3v) is 3.71. The van der Waals surface area contributed by atoms with Crippen molar-refractivity contribution < 1.29 is 9.21 Å². The standard InChI is InChI=1S/C19H20N4O2/c1-3-23(15-8-5-4-6-9-15)19(24)17-12-18(22-14(2)21-17)20-13-16-10-7-11-25-16/h4-12H,3,13H2,1-2H3,(H,20,21,22). The van der Waals surface area contributed by atoms with Crippen molar-refractivity contribution >= 4 is 17.4 Å². The van der Waals surface area contributed by atoms with E-state index in [1.807, 2.05) is 49.4 Å². The lowest BCUT2D eigenvalue weighted by Gasteiger charge is -2.21. The van der Waals surface area contributed by atoms with E-state index in [2.05, 4.69) is 15.3 Å². The second-order valence-electron chi connectivity index (χ2n) is 5.50. The van der Waals surface area contributed by atoms with E-state index in [1.54, 1.807) is 24.2 Å². The molecule has 0 saturated carbocycles. The smallest absolute Gasteiger partial charge is 0.277 e. The van der Waals surface area contributed by atoms with Gasteiger partial charge in [-0.3, -0.25) is 4.79 Å². The van der Waals surface area contributed by atoms with Crippen LogP contribution in [0, 0.1) is 6.92 Å². The number of hydrogen-bond acceptors (Lipinski definition) is 5. The highest BCUT2D eigenvalue weighted by atomic mass is 16.3. The maximum Gasteiger partial charge on any atom is 0.277 e. The van der Waals surface area contributed by atoms with Gasteiger partial charge in [-0.15, -0.1) is 0 Å². The molecular weight excluding hydrogens is 316 g/mol. The van der Waals surface area contributed by atoms with Gasteiger partial charge in [-0.25, -0.2) is 9.97 Å². The van der Waals surface area contributed by atoms with Gasteiger partial charge < -0.3 is 14.6 Å². The van der Waals surface area contributed by atoms with Crippen molar-refractivity contribution in [3.8, 4) is 0 Å². The number of nitrogens with one attached hydrogen (secondary N) is 1. The summed E-state index contributed by atoms with van der Waals surface area (Å²) in [5.41, 5.74) is 1.21. The minimum absolute atomic E-state index is 0.153. The Hall–Kier alpha value is -3.15. The van der Waals surface area contributed by atoms with Crippen molar-refractivity contribution in [1.82, 2.24) is 9.97 Å². The Kier molecular flexibility index (Phi) is 5.09. The fourth-order valence-electron chi connectivity index (χ4n) is 2.55. The highest BCUT2D eigenvalue weighted by molar-refractivity contribution is 6.05. The van der Waals surface area contributed by atoms with E-state index in [0.717, 1.165) is 11.4 Å². The Balaban J connectivity index is 1.82. The van der Waals surface area contributed by atoms with Gasteiger partial charge in [0.15, 0.2) is 0 Å². The summed E-state index contributed by atoms with van der Waals surface area (Å²) in [4.78, 5) is 23.2. The third kappa shape index (κ3) is 4.03. The molecular formula is C19H20N4O2. The molecule has 0 aliphatic rings. The lowest BCUT2D eigenvalue weighted by molar-refractivity contribution is 0.0983. The number of para-hydroxylation sites is 1. The van der Waals surface area contributed by atoms with Gasteiger partial charge in [0.2, 0.25) is 0 Å². The molecule has 1 N–H and O–H groups in total. The first-order valence-electron chi connectivity index (χ1n) is 8.16. The van der Waals surface area contributed by atoms with Gasteiger partial charge in [-0.1, -0.05) is 18.2 Å². The lowest BCUT2D eigenvalue weighted by atomic mass is 10.2. The summed E-state index contributed by atoms with van der Waals surface area (Å²) in [5.74, 6) is 1.78. The van der Waals surface area contributed by atoms with Crippen LogP contribution in [0.2, 0.25) is 0 Å². The number of nitrogens with zero attached hydrogens (tertiary/aromatic N) is 3. The first-order valence-corrected chi connectivity index (χ1v) is 8.16. The molecule has 6 nitrogen and oxygen atoms in total. The number of anilines is 2. The van der Waals surface area contributed by atoms with Crippen LogP contribution in [0.25, 0.3) is 0 Å². The summed E-state index contributed by atoms with van der Waals surface area (Å²) in [6.07, 6.45) is 1.62. The molecule has 0 saturated heterocycles. The van der Waals surface area contributed by atoms with Crippen LogP contribution < -0.4 is 10.2 Å². The molecule has 0 atom stereocenters. The van der Waals surface area contributed by atoms with E-state index in [-0.39, 0.29) is 5.91 Å². The molecule has 2 heterocycles. The van der Waals surface area contributed by atoms with Crippen LogP contribution in [0.15, 0.2) is 59.2 Å². The molecule has 6 heteroatoms. The third-order valence-electron chi connectivity index (χ3n) is 3.71. The molecule has 0 unspecified atom stereocenters. The highest BCUT2D eigenvalue weighted by Gasteiger charge is 2.18. The predicted octanol–water partition coefficient (Wildman–Crippen LogP) is 3.66. The lowest BCUT2D eigenvalue weighted by Crippen LogP contribution is -2.31. The normalized spacial score (nSPS) is 10.5. The number of rotatable bonds is 6. The van der Waals surface area contributed by atoms with Crippen molar-refractivity contribution in [2.45, 2.75) is 20.4 Å². The molecule has 0 aliphatic heterocycles. The number of amides is 1. The minimum atomic E-state index is -0.153. The van der Waals surface area contributed by atoms with Crippen molar-refractivity contribution in [3.63, 3.8) is 0 Å². The zero-order valence-corrected chi connectivity index (χ0v) is 14.3. The van der Waals surface area contributed by atoms with E-state index < -0.39 is 0 Å². The molecule has 1 aromatic carbocycles. The summed E-state index contributed by atoms with van der Waals surface area (Å²) in [6, 6.07) is 14.9. The van der Waals surface area contributed by atoms with Crippen molar-refractivity contribution in [1.29, 1.82) is 0 Å². The molecule has 1 amide bonds. The van der Waals surface area contributed by atoms with Crippen LogP contribution in [-0.2, 0) is 6.54 Å². The van der Waals surface area contributed by atoms with Gasteiger partial charge in [0, 0.05) is 18.3 Å². The van der Waals surface area contributed by atoms with Crippen molar-refractivity contribution in [2.24, 2.45) is 0 Å². The molecule has 2 aromatic heterocycles. The Morgan fingerprint density at radius 1 is 1.16 bits per heavy atom. The number of hydrogen-bond donors (Lipinski definition) is 1.